The van der Waals surface area contributed by atoms with Crippen molar-refractivity contribution < 1.29 is 9.84 Å². The number of methoxy groups -OCH3 is 1. The van der Waals surface area contributed by atoms with Gasteiger partial charge in [-0.1, -0.05) is 12.5 Å². The number of hydrogen-bond donors (Lipinski definition) is 1. The van der Waals surface area contributed by atoms with Crippen molar-refractivity contribution in [1.29, 1.82) is 0 Å². The summed E-state index contributed by atoms with van der Waals surface area (Å²) in [5, 5.41) is 9.41. The molecule has 0 spiro atoms. The molecule has 2 rings (SSSR count). The minimum atomic E-state index is 0.261. The Morgan fingerprint density at radius 1 is 1.44 bits per heavy atom. The molecule has 1 atom stereocenters. The summed E-state index contributed by atoms with van der Waals surface area (Å²) >= 11 is 3.51. The molecule has 18 heavy (non-hydrogen) atoms. The summed E-state index contributed by atoms with van der Waals surface area (Å²) in [6, 6.07) is 6.49. The molecule has 1 aromatic carbocycles. The van der Waals surface area contributed by atoms with Crippen LogP contribution in [0.3, 0.4) is 0 Å². The maximum atomic E-state index is 9.41. The number of likely N-dealkylation sites (tertiary alicyclic amines) is 1. The van der Waals surface area contributed by atoms with E-state index >= 15 is 0 Å². The van der Waals surface area contributed by atoms with E-state index in [-0.39, 0.29) is 6.61 Å². The third-order valence-corrected chi connectivity index (χ3v) is 4.18. The van der Waals surface area contributed by atoms with Crippen LogP contribution >= 0.6 is 15.9 Å². The summed E-state index contributed by atoms with van der Waals surface area (Å²) in [6.45, 7) is 2.24. The summed E-state index contributed by atoms with van der Waals surface area (Å²) in [5.74, 6) is 0.858. The van der Waals surface area contributed by atoms with Gasteiger partial charge in [-0.25, -0.2) is 0 Å². The fraction of sp³-hybridized carbons (Fsp3) is 0.571. The van der Waals surface area contributed by atoms with Gasteiger partial charge in [0.1, 0.15) is 5.75 Å². The van der Waals surface area contributed by atoms with Crippen molar-refractivity contribution in [3.63, 3.8) is 0 Å². The van der Waals surface area contributed by atoms with Gasteiger partial charge in [0.25, 0.3) is 0 Å². The topological polar surface area (TPSA) is 32.7 Å². The average Bonchev–Trinajstić information content (AvgIpc) is 2.39. The van der Waals surface area contributed by atoms with Gasteiger partial charge in [0.15, 0.2) is 0 Å². The van der Waals surface area contributed by atoms with Crippen LogP contribution in [0.15, 0.2) is 22.7 Å². The summed E-state index contributed by atoms with van der Waals surface area (Å²) in [7, 11) is 1.67. The molecule has 0 saturated carbocycles. The Balaban J connectivity index is 2.05. The van der Waals surface area contributed by atoms with Crippen molar-refractivity contribution in [3.05, 3.63) is 28.2 Å². The van der Waals surface area contributed by atoms with E-state index in [4.69, 9.17) is 4.74 Å². The summed E-state index contributed by atoms with van der Waals surface area (Å²) in [4.78, 5) is 2.37. The Bertz CT molecular complexity index is 397. The van der Waals surface area contributed by atoms with Gasteiger partial charge >= 0.3 is 0 Å². The van der Waals surface area contributed by atoms with E-state index in [1.165, 1.54) is 18.4 Å². The number of hydrogen-bond acceptors (Lipinski definition) is 3. The molecule has 3 nitrogen and oxygen atoms in total. The van der Waals surface area contributed by atoms with Crippen molar-refractivity contribution in [3.8, 4) is 5.75 Å². The normalized spacial score (nSPS) is 20.9. The molecule has 0 aliphatic carbocycles. The molecule has 1 aliphatic rings. The van der Waals surface area contributed by atoms with Crippen LogP contribution in [0.25, 0.3) is 0 Å². The molecule has 1 saturated heterocycles. The lowest BCUT2D eigenvalue weighted by molar-refractivity contribution is 0.0841. The predicted octanol–water partition coefficient (Wildman–Crippen LogP) is 2.80. The zero-order valence-corrected chi connectivity index (χ0v) is 12.3. The number of aliphatic hydroxyl groups is 1. The van der Waals surface area contributed by atoms with Crippen LogP contribution in [0.5, 0.6) is 5.75 Å². The largest absolute Gasteiger partial charge is 0.496 e. The van der Waals surface area contributed by atoms with E-state index in [0.29, 0.717) is 6.04 Å². The maximum Gasteiger partial charge on any atom is 0.133 e. The molecular weight excluding hydrogens is 294 g/mol. The highest BCUT2D eigenvalue weighted by Gasteiger charge is 2.21. The number of piperidine rings is 1. The quantitative estimate of drug-likeness (QED) is 0.927. The molecule has 0 bridgehead atoms. The van der Waals surface area contributed by atoms with Gasteiger partial charge in [-0.3, -0.25) is 4.90 Å². The number of rotatable bonds is 4. The summed E-state index contributed by atoms with van der Waals surface area (Å²) in [6.07, 6.45) is 3.57. The fourth-order valence-electron chi connectivity index (χ4n) is 2.52. The highest BCUT2D eigenvalue weighted by atomic mass is 79.9. The molecule has 100 valence electrons. The summed E-state index contributed by atoms with van der Waals surface area (Å²) in [5.41, 5.74) is 1.25. The first-order chi connectivity index (χ1) is 8.74. The number of halogens is 1. The first-order valence-electron chi connectivity index (χ1n) is 6.42. The van der Waals surface area contributed by atoms with Crippen molar-refractivity contribution in [2.75, 3.05) is 20.3 Å². The number of aliphatic hydroxyl groups excluding tert-OH is 1. The van der Waals surface area contributed by atoms with Gasteiger partial charge in [-0.2, -0.15) is 0 Å². The zero-order valence-electron chi connectivity index (χ0n) is 10.7. The number of ether oxygens (including phenoxy) is 1. The van der Waals surface area contributed by atoms with E-state index in [1.807, 2.05) is 6.07 Å². The molecular formula is C14H20BrNO2. The summed E-state index contributed by atoms with van der Waals surface area (Å²) < 4.78 is 6.22. The van der Waals surface area contributed by atoms with E-state index < -0.39 is 0 Å². The van der Waals surface area contributed by atoms with Crippen LogP contribution in [0.4, 0.5) is 0 Å². The Hall–Kier alpha value is -0.580. The third kappa shape index (κ3) is 3.25. The monoisotopic (exact) mass is 313 g/mol. The molecule has 0 radical (unpaired) electrons. The minimum Gasteiger partial charge on any atom is -0.496 e. The molecule has 0 amide bonds. The van der Waals surface area contributed by atoms with Crippen molar-refractivity contribution in [1.82, 2.24) is 4.90 Å². The van der Waals surface area contributed by atoms with E-state index in [1.54, 1.807) is 7.11 Å². The van der Waals surface area contributed by atoms with Gasteiger partial charge < -0.3 is 9.84 Å². The SMILES string of the molecule is COc1ccc(CN2CCCC[C@H]2CO)cc1Br. The lowest BCUT2D eigenvalue weighted by Gasteiger charge is -2.34. The molecule has 1 fully saturated rings. The van der Waals surface area contributed by atoms with Gasteiger partial charge in [0, 0.05) is 12.6 Å². The Morgan fingerprint density at radius 2 is 2.28 bits per heavy atom. The first kappa shape index (κ1) is 13.8. The average molecular weight is 314 g/mol. The molecule has 1 aliphatic heterocycles. The van der Waals surface area contributed by atoms with Gasteiger partial charge in [-0.15, -0.1) is 0 Å². The third-order valence-electron chi connectivity index (χ3n) is 3.56. The van der Waals surface area contributed by atoms with E-state index in [9.17, 15) is 5.11 Å². The van der Waals surface area contributed by atoms with Crippen LogP contribution in [0, 0.1) is 0 Å². The Labute approximate surface area is 117 Å². The lowest BCUT2D eigenvalue weighted by Crippen LogP contribution is -2.41. The highest BCUT2D eigenvalue weighted by Crippen LogP contribution is 2.27. The lowest BCUT2D eigenvalue weighted by atomic mass is 10.0. The maximum absolute atomic E-state index is 9.41. The van der Waals surface area contributed by atoms with Crippen LogP contribution in [-0.4, -0.2) is 36.3 Å². The van der Waals surface area contributed by atoms with Crippen molar-refractivity contribution >= 4 is 15.9 Å². The van der Waals surface area contributed by atoms with Crippen molar-refractivity contribution in [2.24, 2.45) is 0 Å². The second kappa shape index (κ2) is 6.55. The van der Waals surface area contributed by atoms with Crippen LogP contribution < -0.4 is 4.74 Å². The second-order valence-corrected chi connectivity index (χ2v) is 5.63. The highest BCUT2D eigenvalue weighted by molar-refractivity contribution is 9.10. The fourth-order valence-corrected chi connectivity index (χ4v) is 3.11. The van der Waals surface area contributed by atoms with E-state index in [2.05, 4.69) is 33.0 Å². The molecule has 0 unspecified atom stereocenters. The first-order valence-corrected chi connectivity index (χ1v) is 7.21. The molecule has 1 heterocycles. The molecule has 0 aromatic heterocycles. The van der Waals surface area contributed by atoms with E-state index in [0.717, 1.165) is 29.7 Å². The standard InChI is InChI=1S/C14H20BrNO2/c1-18-14-6-5-11(8-13(14)15)9-16-7-3-2-4-12(16)10-17/h5-6,8,12,17H,2-4,7,9-10H2,1H3/t12-/m0/s1. The smallest absolute Gasteiger partial charge is 0.133 e. The van der Waals surface area contributed by atoms with Crippen LogP contribution in [0.2, 0.25) is 0 Å². The molecule has 1 aromatic rings. The predicted molar refractivity (Wildman–Crippen MR) is 75.8 cm³/mol. The van der Waals surface area contributed by atoms with Crippen molar-refractivity contribution in [2.45, 2.75) is 31.8 Å². The Morgan fingerprint density at radius 3 is 2.94 bits per heavy atom. The zero-order chi connectivity index (χ0) is 13.0. The molecule has 1 N–H and O–H groups in total. The second-order valence-electron chi connectivity index (χ2n) is 4.77. The van der Waals surface area contributed by atoms with Crippen LogP contribution in [0.1, 0.15) is 24.8 Å². The number of nitrogens with zero attached hydrogens (tertiary/aromatic N) is 1. The van der Waals surface area contributed by atoms with Gasteiger partial charge in [0.2, 0.25) is 0 Å². The number of benzene rings is 1. The Kier molecular flexibility index (Phi) is 5.03. The molecule has 4 heteroatoms. The minimum absolute atomic E-state index is 0.261. The van der Waals surface area contributed by atoms with Crippen LogP contribution in [-0.2, 0) is 6.54 Å². The van der Waals surface area contributed by atoms with Gasteiger partial charge in [-0.05, 0) is 53.0 Å². The van der Waals surface area contributed by atoms with Gasteiger partial charge in [0.05, 0.1) is 18.2 Å².